The van der Waals surface area contributed by atoms with Gasteiger partial charge < -0.3 is 9.47 Å². The van der Waals surface area contributed by atoms with Gasteiger partial charge in [0.05, 0.1) is 0 Å². The van der Waals surface area contributed by atoms with E-state index in [4.69, 9.17) is 4.74 Å². The van der Waals surface area contributed by atoms with Crippen molar-refractivity contribution in [3.05, 3.63) is 108 Å². The van der Waals surface area contributed by atoms with Crippen LogP contribution < -0.4 is 0 Å². The first kappa shape index (κ1) is 18.5. The monoisotopic (exact) mass is 360 g/mol. The Balaban J connectivity index is 2.14. The lowest BCUT2D eigenvalue weighted by Gasteiger charge is -2.35. The molecule has 0 saturated heterocycles. The molecule has 0 N–H and O–H groups in total. The summed E-state index contributed by atoms with van der Waals surface area (Å²) in [7, 11) is 0. The molecule has 0 aliphatic heterocycles. The van der Waals surface area contributed by atoms with Gasteiger partial charge >= 0.3 is 11.9 Å². The van der Waals surface area contributed by atoms with Gasteiger partial charge in [0.15, 0.2) is 0 Å². The lowest BCUT2D eigenvalue weighted by Crippen LogP contribution is -2.35. The van der Waals surface area contributed by atoms with Crippen molar-refractivity contribution in [3.8, 4) is 0 Å². The molecule has 136 valence electrons. The number of rotatable bonds is 6. The van der Waals surface area contributed by atoms with Crippen molar-refractivity contribution < 1.29 is 19.1 Å². The fourth-order valence-corrected chi connectivity index (χ4v) is 3.13. The maximum absolute atomic E-state index is 12.0. The van der Waals surface area contributed by atoms with Crippen LogP contribution in [0.15, 0.2) is 91.0 Å². The average Bonchev–Trinajstić information content (AvgIpc) is 2.70. The molecule has 4 heteroatoms. The highest BCUT2D eigenvalue weighted by Gasteiger charge is 2.38. The second kappa shape index (κ2) is 8.43. The zero-order chi connectivity index (χ0) is 19.1. The van der Waals surface area contributed by atoms with Crippen molar-refractivity contribution in [2.75, 3.05) is 6.61 Å². The smallest absolute Gasteiger partial charge is 0.339 e. The van der Waals surface area contributed by atoms with Gasteiger partial charge in [0, 0.05) is 6.92 Å². The lowest BCUT2D eigenvalue weighted by atomic mass is 9.80. The molecule has 27 heavy (non-hydrogen) atoms. The van der Waals surface area contributed by atoms with E-state index in [0.717, 1.165) is 16.7 Å². The Morgan fingerprint density at radius 1 is 0.704 bits per heavy atom. The second-order valence-corrected chi connectivity index (χ2v) is 6.03. The highest BCUT2D eigenvalue weighted by molar-refractivity contribution is 5.84. The van der Waals surface area contributed by atoms with Crippen LogP contribution in [-0.2, 0) is 24.7 Å². The lowest BCUT2D eigenvalue weighted by molar-refractivity contribution is -0.163. The minimum absolute atomic E-state index is 0.363. The first-order valence-corrected chi connectivity index (χ1v) is 8.64. The Hall–Kier alpha value is -3.24. The van der Waals surface area contributed by atoms with Crippen molar-refractivity contribution in [3.63, 3.8) is 0 Å². The molecule has 3 aromatic rings. The van der Waals surface area contributed by atoms with Gasteiger partial charge in [-0.25, -0.2) is 4.79 Å². The molecule has 3 rings (SSSR count). The zero-order valence-electron chi connectivity index (χ0n) is 15.0. The highest BCUT2D eigenvalue weighted by Crippen LogP contribution is 2.40. The molecule has 0 amide bonds. The quantitative estimate of drug-likeness (QED) is 0.377. The van der Waals surface area contributed by atoms with E-state index in [-0.39, 0.29) is 6.61 Å². The van der Waals surface area contributed by atoms with Crippen LogP contribution in [0.2, 0.25) is 0 Å². The van der Waals surface area contributed by atoms with Crippen LogP contribution in [-0.4, -0.2) is 18.5 Å². The molecular weight excluding hydrogens is 340 g/mol. The molecule has 4 nitrogen and oxygen atoms in total. The first-order chi connectivity index (χ1) is 13.1. The number of carbonyl (C=O) groups is 2. The standard InChI is InChI=1S/C23H20O4/c1-18(24)27-22(25)17-26-23(19-11-5-2-6-12-19,20-13-7-3-8-14-20)21-15-9-4-10-16-21/h2-16H,17H2,1H3. The molecule has 0 saturated carbocycles. The third kappa shape index (κ3) is 4.13. The molecule has 0 aliphatic carbocycles. The zero-order valence-corrected chi connectivity index (χ0v) is 15.0. The van der Waals surface area contributed by atoms with Gasteiger partial charge in [-0.1, -0.05) is 91.0 Å². The SMILES string of the molecule is CC(=O)OC(=O)COC(c1ccccc1)(c1ccccc1)c1ccccc1. The summed E-state index contributed by atoms with van der Waals surface area (Å²) in [5.41, 5.74) is 1.61. The van der Waals surface area contributed by atoms with Crippen LogP contribution in [0, 0.1) is 0 Å². The number of carbonyl (C=O) groups excluding carboxylic acids is 2. The second-order valence-electron chi connectivity index (χ2n) is 6.03. The normalized spacial score (nSPS) is 11.0. The largest absolute Gasteiger partial charge is 0.392 e. The number of esters is 2. The molecule has 0 atom stereocenters. The summed E-state index contributed by atoms with van der Waals surface area (Å²) in [4.78, 5) is 23.1. The minimum Gasteiger partial charge on any atom is -0.392 e. The first-order valence-electron chi connectivity index (χ1n) is 8.64. The fraction of sp³-hybridized carbons (Fsp3) is 0.130. The third-order valence-electron chi connectivity index (χ3n) is 4.21. The van der Waals surface area contributed by atoms with Crippen LogP contribution in [0.1, 0.15) is 23.6 Å². The summed E-state index contributed by atoms with van der Waals surface area (Å²) in [6, 6.07) is 29.0. The molecule has 3 aromatic carbocycles. The Morgan fingerprint density at radius 3 is 1.41 bits per heavy atom. The molecule has 0 radical (unpaired) electrons. The van der Waals surface area contributed by atoms with Crippen LogP contribution in [0.3, 0.4) is 0 Å². The van der Waals surface area contributed by atoms with E-state index in [1.807, 2.05) is 91.0 Å². The van der Waals surface area contributed by atoms with Gasteiger partial charge in [0.25, 0.3) is 0 Å². The van der Waals surface area contributed by atoms with Crippen molar-refractivity contribution >= 4 is 11.9 Å². The van der Waals surface area contributed by atoms with Crippen molar-refractivity contribution in [1.29, 1.82) is 0 Å². The van der Waals surface area contributed by atoms with Crippen LogP contribution in [0.25, 0.3) is 0 Å². The average molecular weight is 360 g/mol. The predicted octanol–water partition coefficient (Wildman–Crippen LogP) is 4.08. The summed E-state index contributed by atoms with van der Waals surface area (Å²) in [5.74, 6) is -1.39. The predicted molar refractivity (Wildman–Crippen MR) is 102 cm³/mol. The number of benzene rings is 3. The van der Waals surface area contributed by atoms with Gasteiger partial charge in [-0.3, -0.25) is 4.79 Å². The molecule has 0 unspecified atom stereocenters. The summed E-state index contributed by atoms with van der Waals surface area (Å²) in [5, 5.41) is 0. The van der Waals surface area contributed by atoms with Gasteiger partial charge in [0.2, 0.25) is 0 Å². The van der Waals surface area contributed by atoms with E-state index in [0.29, 0.717) is 0 Å². The molecule has 0 fully saturated rings. The Bertz CT molecular complexity index is 793. The number of ether oxygens (including phenoxy) is 2. The van der Waals surface area contributed by atoms with Gasteiger partial charge in [-0.15, -0.1) is 0 Å². The van der Waals surface area contributed by atoms with E-state index in [1.54, 1.807) is 0 Å². The molecular formula is C23H20O4. The van der Waals surface area contributed by atoms with Crippen molar-refractivity contribution in [1.82, 2.24) is 0 Å². The van der Waals surface area contributed by atoms with Crippen LogP contribution in [0.4, 0.5) is 0 Å². The van der Waals surface area contributed by atoms with Gasteiger partial charge in [-0.2, -0.15) is 0 Å². The van der Waals surface area contributed by atoms with Gasteiger partial charge in [-0.05, 0) is 16.7 Å². The molecule has 0 aromatic heterocycles. The van der Waals surface area contributed by atoms with E-state index in [9.17, 15) is 9.59 Å². The molecule has 0 heterocycles. The molecule has 0 spiro atoms. The Labute approximate surface area is 158 Å². The highest BCUT2D eigenvalue weighted by atomic mass is 16.6. The number of hydrogen-bond donors (Lipinski definition) is 0. The molecule has 0 aliphatic rings. The topological polar surface area (TPSA) is 52.6 Å². The van der Waals surface area contributed by atoms with E-state index in [2.05, 4.69) is 4.74 Å². The van der Waals surface area contributed by atoms with Crippen LogP contribution >= 0.6 is 0 Å². The minimum atomic E-state index is -1.01. The summed E-state index contributed by atoms with van der Waals surface area (Å²) in [6.07, 6.45) is 0. The maximum Gasteiger partial charge on any atom is 0.339 e. The maximum atomic E-state index is 12.0. The Kier molecular flexibility index (Phi) is 5.79. The number of hydrogen-bond acceptors (Lipinski definition) is 4. The van der Waals surface area contributed by atoms with E-state index >= 15 is 0 Å². The summed E-state index contributed by atoms with van der Waals surface area (Å²) in [6.45, 7) is 0.828. The van der Waals surface area contributed by atoms with Crippen LogP contribution in [0.5, 0.6) is 0 Å². The fourth-order valence-electron chi connectivity index (χ4n) is 3.13. The Morgan fingerprint density at radius 2 is 1.07 bits per heavy atom. The van der Waals surface area contributed by atoms with E-state index < -0.39 is 17.5 Å². The summed E-state index contributed by atoms with van der Waals surface area (Å²) >= 11 is 0. The van der Waals surface area contributed by atoms with E-state index in [1.165, 1.54) is 6.92 Å². The third-order valence-corrected chi connectivity index (χ3v) is 4.21. The van der Waals surface area contributed by atoms with Crippen molar-refractivity contribution in [2.45, 2.75) is 12.5 Å². The summed E-state index contributed by atoms with van der Waals surface area (Å²) < 4.78 is 10.9. The van der Waals surface area contributed by atoms with Crippen molar-refractivity contribution in [2.24, 2.45) is 0 Å². The van der Waals surface area contributed by atoms with Gasteiger partial charge in [0.1, 0.15) is 12.2 Å². The molecule has 0 bridgehead atoms.